The highest BCUT2D eigenvalue weighted by molar-refractivity contribution is 9.10. The van der Waals surface area contributed by atoms with Crippen molar-refractivity contribution in [2.75, 3.05) is 13.7 Å². The molecule has 2 heterocycles. The van der Waals surface area contributed by atoms with Crippen LogP contribution >= 0.6 is 27.7 Å². The van der Waals surface area contributed by atoms with Crippen LogP contribution in [0.3, 0.4) is 0 Å². The summed E-state index contributed by atoms with van der Waals surface area (Å²) in [7, 11) is 1.55. The number of amides is 2. The van der Waals surface area contributed by atoms with Crippen molar-refractivity contribution < 1.29 is 19.1 Å². The molecule has 1 saturated heterocycles. The Balaban J connectivity index is 1.83. The van der Waals surface area contributed by atoms with Gasteiger partial charge in [-0.15, -0.1) is 0 Å². The fourth-order valence-corrected chi connectivity index (χ4v) is 4.10. The highest BCUT2D eigenvalue weighted by atomic mass is 79.9. The Morgan fingerprint density at radius 2 is 2.11 bits per heavy atom. The van der Waals surface area contributed by atoms with Gasteiger partial charge in [0.1, 0.15) is 6.61 Å². The second-order valence-electron chi connectivity index (χ2n) is 5.98. The molecule has 6 nitrogen and oxygen atoms in total. The summed E-state index contributed by atoms with van der Waals surface area (Å²) in [6.07, 6.45) is 4.13. The molecule has 3 rings (SSSR count). The Labute approximate surface area is 176 Å². The Hall–Kier alpha value is -2.32. The molecule has 1 aliphatic heterocycles. The minimum atomic E-state index is -0.262. The van der Waals surface area contributed by atoms with E-state index in [1.54, 1.807) is 25.4 Å². The lowest BCUT2D eigenvalue weighted by Gasteiger charge is -2.13. The molecule has 0 saturated carbocycles. The van der Waals surface area contributed by atoms with Crippen molar-refractivity contribution in [2.45, 2.75) is 20.0 Å². The summed E-state index contributed by atoms with van der Waals surface area (Å²) >= 11 is 4.45. The van der Waals surface area contributed by atoms with Crippen molar-refractivity contribution in [1.82, 2.24) is 9.88 Å². The summed E-state index contributed by atoms with van der Waals surface area (Å²) in [5, 5.41) is -0.237. The van der Waals surface area contributed by atoms with Gasteiger partial charge in [-0.2, -0.15) is 0 Å². The van der Waals surface area contributed by atoms with Crippen molar-refractivity contribution >= 4 is 44.9 Å². The van der Waals surface area contributed by atoms with Crippen molar-refractivity contribution in [2.24, 2.45) is 0 Å². The van der Waals surface area contributed by atoms with Crippen LogP contribution in [0, 0.1) is 0 Å². The Kier molecular flexibility index (Phi) is 6.74. The summed E-state index contributed by atoms with van der Waals surface area (Å²) < 4.78 is 12.0. The van der Waals surface area contributed by atoms with Crippen LogP contribution in [0.1, 0.15) is 24.6 Å². The van der Waals surface area contributed by atoms with E-state index >= 15 is 0 Å². The lowest BCUT2D eigenvalue weighted by atomic mass is 10.2. The normalized spacial score (nSPS) is 15.4. The number of aromatic nitrogens is 1. The number of rotatable bonds is 7. The van der Waals surface area contributed by atoms with Crippen LogP contribution in [0.25, 0.3) is 6.08 Å². The van der Waals surface area contributed by atoms with Gasteiger partial charge < -0.3 is 9.47 Å². The zero-order valence-electron chi connectivity index (χ0n) is 15.5. The lowest BCUT2D eigenvalue weighted by Crippen LogP contribution is -2.28. The zero-order valence-corrected chi connectivity index (χ0v) is 17.9. The van der Waals surface area contributed by atoms with Gasteiger partial charge in [-0.25, -0.2) is 0 Å². The van der Waals surface area contributed by atoms with E-state index in [2.05, 4.69) is 20.9 Å². The smallest absolute Gasteiger partial charge is 0.293 e. The molecule has 2 amide bonds. The van der Waals surface area contributed by atoms with Gasteiger partial charge in [-0.05, 0) is 70.0 Å². The number of hydrogen-bond donors (Lipinski definition) is 0. The molecule has 1 aromatic carbocycles. The molecule has 0 bridgehead atoms. The number of benzene rings is 1. The molecule has 0 unspecified atom stereocenters. The van der Waals surface area contributed by atoms with Gasteiger partial charge in [0.25, 0.3) is 11.1 Å². The van der Waals surface area contributed by atoms with E-state index in [1.165, 1.54) is 4.90 Å². The maximum absolute atomic E-state index is 12.4. The van der Waals surface area contributed by atoms with E-state index in [1.807, 2.05) is 31.2 Å². The molecule has 1 fully saturated rings. The molecule has 0 aliphatic carbocycles. The largest absolute Gasteiger partial charge is 0.493 e. The summed E-state index contributed by atoms with van der Waals surface area (Å²) in [5.41, 5.74) is 1.53. The summed E-state index contributed by atoms with van der Waals surface area (Å²) in [4.78, 5) is 30.3. The molecule has 0 atom stereocenters. The number of pyridine rings is 1. The van der Waals surface area contributed by atoms with Crippen LogP contribution in [0.15, 0.2) is 45.9 Å². The number of thioether (sulfide) groups is 1. The van der Waals surface area contributed by atoms with Crippen molar-refractivity contribution in [3.8, 4) is 11.5 Å². The third-order valence-corrected chi connectivity index (χ3v) is 5.46. The molecule has 8 heteroatoms. The highest BCUT2D eigenvalue weighted by Gasteiger charge is 2.34. The molecule has 28 heavy (non-hydrogen) atoms. The monoisotopic (exact) mass is 462 g/mol. The first-order chi connectivity index (χ1) is 13.5. The number of imide groups is 1. The molecule has 146 valence electrons. The molecule has 1 aromatic heterocycles. The van der Waals surface area contributed by atoms with Crippen molar-refractivity contribution in [3.63, 3.8) is 0 Å². The van der Waals surface area contributed by atoms with E-state index in [9.17, 15) is 9.59 Å². The van der Waals surface area contributed by atoms with Crippen LogP contribution in [0.4, 0.5) is 4.79 Å². The summed E-state index contributed by atoms with van der Waals surface area (Å²) in [6.45, 7) is 2.65. The van der Waals surface area contributed by atoms with Crippen LogP contribution in [-0.4, -0.2) is 34.7 Å². The third-order valence-electron chi connectivity index (χ3n) is 3.96. The van der Waals surface area contributed by atoms with Crippen LogP contribution < -0.4 is 9.47 Å². The lowest BCUT2D eigenvalue weighted by molar-refractivity contribution is -0.122. The zero-order chi connectivity index (χ0) is 20.1. The SMILES string of the molecule is CCCN1C(=O)S/C(=C/c2cc(Br)c(OCc3ccccn3)c(OC)c2)C1=O. The van der Waals surface area contributed by atoms with Gasteiger partial charge in [0, 0.05) is 12.7 Å². The van der Waals surface area contributed by atoms with E-state index in [-0.39, 0.29) is 11.1 Å². The Morgan fingerprint density at radius 1 is 1.29 bits per heavy atom. The summed E-state index contributed by atoms with van der Waals surface area (Å²) in [5.74, 6) is 0.802. The van der Waals surface area contributed by atoms with E-state index in [0.717, 1.165) is 29.4 Å². The Bertz CT molecular complexity index is 918. The number of nitrogens with zero attached hydrogens (tertiary/aromatic N) is 2. The molecular formula is C20H19BrN2O4S. The maximum Gasteiger partial charge on any atom is 0.293 e. The number of carbonyl (C=O) groups is 2. The summed E-state index contributed by atoms with van der Waals surface area (Å²) in [6, 6.07) is 9.21. The second-order valence-corrected chi connectivity index (χ2v) is 7.82. The van der Waals surface area contributed by atoms with Crippen LogP contribution in [-0.2, 0) is 11.4 Å². The fraction of sp³-hybridized carbons (Fsp3) is 0.250. The number of methoxy groups -OCH3 is 1. The topological polar surface area (TPSA) is 68.7 Å². The number of carbonyl (C=O) groups excluding carboxylic acids is 2. The third kappa shape index (κ3) is 4.56. The van der Waals surface area contributed by atoms with Gasteiger partial charge in [0.15, 0.2) is 11.5 Å². The van der Waals surface area contributed by atoms with Crippen LogP contribution in [0.2, 0.25) is 0 Å². The van der Waals surface area contributed by atoms with E-state index in [4.69, 9.17) is 9.47 Å². The van der Waals surface area contributed by atoms with Crippen molar-refractivity contribution in [1.29, 1.82) is 0 Å². The molecular weight excluding hydrogens is 444 g/mol. The first-order valence-electron chi connectivity index (χ1n) is 8.69. The predicted molar refractivity (Wildman–Crippen MR) is 112 cm³/mol. The fourth-order valence-electron chi connectivity index (χ4n) is 2.66. The van der Waals surface area contributed by atoms with Gasteiger partial charge in [-0.1, -0.05) is 13.0 Å². The predicted octanol–water partition coefficient (Wildman–Crippen LogP) is 4.88. The number of hydrogen-bond acceptors (Lipinski definition) is 6. The average molecular weight is 463 g/mol. The average Bonchev–Trinajstić information content (AvgIpc) is 2.95. The van der Waals surface area contributed by atoms with Gasteiger partial charge >= 0.3 is 0 Å². The quantitative estimate of drug-likeness (QED) is 0.546. The van der Waals surface area contributed by atoms with E-state index in [0.29, 0.717) is 34.0 Å². The van der Waals surface area contributed by atoms with Gasteiger partial charge in [-0.3, -0.25) is 19.5 Å². The highest BCUT2D eigenvalue weighted by Crippen LogP contribution is 2.39. The first kappa shape index (κ1) is 20.4. The Morgan fingerprint density at radius 3 is 2.79 bits per heavy atom. The standard InChI is InChI=1S/C20H19BrN2O4S/c1-3-8-23-19(24)17(28-20(23)25)11-13-9-15(21)18(16(10-13)26-2)27-12-14-6-4-5-7-22-14/h4-7,9-11H,3,8,12H2,1-2H3/b17-11+. The molecule has 0 N–H and O–H groups in total. The van der Waals surface area contributed by atoms with Gasteiger partial charge in [0.05, 0.1) is 22.2 Å². The first-order valence-corrected chi connectivity index (χ1v) is 10.3. The molecule has 1 aliphatic rings. The van der Waals surface area contributed by atoms with Gasteiger partial charge in [0.2, 0.25) is 0 Å². The number of halogens is 1. The second kappa shape index (κ2) is 9.25. The molecule has 2 aromatic rings. The van der Waals surface area contributed by atoms with E-state index < -0.39 is 0 Å². The number of ether oxygens (including phenoxy) is 2. The molecule has 0 radical (unpaired) electrons. The maximum atomic E-state index is 12.4. The van der Waals surface area contributed by atoms with Crippen LogP contribution in [0.5, 0.6) is 11.5 Å². The van der Waals surface area contributed by atoms with Crippen molar-refractivity contribution in [3.05, 3.63) is 57.2 Å². The minimum absolute atomic E-state index is 0.237. The minimum Gasteiger partial charge on any atom is -0.493 e. The molecule has 0 spiro atoms.